The molecule has 0 aliphatic heterocycles. The topological polar surface area (TPSA) is 42.9 Å². The molecule has 0 unspecified atom stereocenters. The standard InChI is InChI=1S/C10H8N2OS/c1-7(13)9-6-12-10(14-9)8-2-4-11-5-3-8/h2-6H,1H3. The molecule has 2 heterocycles. The molecule has 14 heavy (non-hydrogen) atoms. The summed E-state index contributed by atoms with van der Waals surface area (Å²) in [6, 6.07) is 3.76. The fourth-order valence-corrected chi connectivity index (χ4v) is 1.88. The molecule has 0 bridgehead atoms. The fraction of sp³-hybridized carbons (Fsp3) is 0.100. The van der Waals surface area contributed by atoms with Gasteiger partial charge in [-0.2, -0.15) is 0 Å². The first-order chi connectivity index (χ1) is 6.77. The number of rotatable bonds is 2. The lowest BCUT2D eigenvalue weighted by molar-refractivity contribution is 0.102. The van der Waals surface area contributed by atoms with Gasteiger partial charge in [0.15, 0.2) is 5.78 Å². The Hall–Kier alpha value is -1.55. The first-order valence-corrected chi connectivity index (χ1v) is 4.96. The van der Waals surface area contributed by atoms with Crippen molar-refractivity contribution in [3.05, 3.63) is 35.6 Å². The molecule has 0 fully saturated rings. The predicted octanol–water partition coefficient (Wildman–Crippen LogP) is 2.41. The Labute approximate surface area is 85.5 Å². The Bertz CT molecular complexity index is 450. The third kappa shape index (κ3) is 1.70. The zero-order valence-corrected chi connectivity index (χ0v) is 8.41. The molecule has 0 spiro atoms. The Balaban J connectivity index is 2.39. The maximum atomic E-state index is 11.0. The second-order valence-corrected chi connectivity index (χ2v) is 3.85. The number of nitrogens with zero attached hydrogens (tertiary/aromatic N) is 2. The molecule has 70 valence electrons. The third-order valence-corrected chi connectivity index (χ3v) is 2.93. The molecule has 0 aliphatic rings. The SMILES string of the molecule is CC(=O)c1cnc(-c2ccncc2)s1. The highest BCUT2D eigenvalue weighted by molar-refractivity contribution is 7.16. The highest BCUT2D eigenvalue weighted by Gasteiger charge is 2.06. The van der Waals surface area contributed by atoms with E-state index in [0.29, 0.717) is 4.88 Å². The highest BCUT2D eigenvalue weighted by Crippen LogP contribution is 2.24. The summed E-state index contributed by atoms with van der Waals surface area (Å²) < 4.78 is 0. The van der Waals surface area contributed by atoms with Crippen molar-refractivity contribution >= 4 is 17.1 Å². The minimum atomic E-state index is 0.0582. The van der Waals surface area contributed by atoms with Gasteiger partial charge in [-0.1, -0.05) is 0 Å². The van der Waals surface area contributed by atoms with Crippen molar-refractivity contribution in [2.45, 2.75) is 6.92 Å². The van der Waals surface area contributed by atoms with Crippen molar-refractivity contribution in [3.63, 3.8) is 0 Å². The van der Waals surface area contributed by atoms with Crippen molar-refractivity contribution < 1.29 is 4.79 Å². The largest absolute Gasteiger partial charge is 0.294 e. The summed E-state index contributed by atoms with van der Waals surface area (Å²) in [7, 11) is 0. The van der Waals surface area contributed by atoms with Crippen molar-refractivity contribution in [2.24, 2.45) is 0 Å². The van der Waals surface area contributed by atoms with Crippen LogP contribution in [0, 0.1) is 0 Å². The molecule has 4 heteroatoms. The van der Waals surface area contributed by atoms with Crippen LogP contribution in [0.2, 0.25) is 0 Å². The van der Waals surface area contributed by atoms with Gasteiger partial charge in [0.25, 0.3) is 0 Å². The van der Waals surface area contributed by atoms with E-state index in [4.69, 9.17) is 0 Å². The van der Waals surface area contributed by atoms with E-state index in [0.717, 1.165) is 10.6 Å². The van der Waals surface area contributed by atoms with E-state index in [1.807, 2.05) is 12.1 Å². The van der Waals surface area contributed by atoms with Gasteiger partial charge in [0.05, 0.1) is 4.88 Å². The molecule has 0 radical (unpaired) electrons. The molecule has 0 aliphatic carbocycles. The minimum absolute atomic E-state index is 0.0582. The van der Waals surface area contributed by atoms with Gasteiger partial charge in [0.2, 0.25) is 0 Å². The van der Waals surface area contributed by atoms with E-state index in [1.54, 1.807) is 25.5 Å². The minimum Gasteiger partial charge on any atom is -0.294 e. The molecule has 0 saturated carbocycles. The first kappa shape index (κ1) is 9.02. The van der Waals surface area contributed by atoms with Crippen LogP contribution in [0.25, 0.3) is 10.6 Å². The second kappa shape index (κ2) is 3.67. The Morgan fingerprint density at radius 3 is 2.64 bits per heavy atom. The summed E-state index contributed by atoms with van der Waals surface area (Å²) in [5.74, 6) is 0.0582. The van der Waals surface area contributed by atoms with Gasteiger partial charge in [-0.25, -0.2) is 4.98 Å². The number of thiazole rings is 1. The van der Waals surface area contributed by atoms with Gasteiger partial charge in [-0.3, -0.25) is 9.78 Å². The lowest BCUT2D eigenvalue weighted by Gasteiger charge is -1.92. The van der Waals surface area contributed by atoms with Gasteiger partial charge in [-0.15, -0.1) is 11.3 Å². The molecule has 2 aromatic rings. The third-order valence-electron chi connectivity index (χ3n) is 1.78. The highest BCUT2D eigenvalue weighted by atomic mass is 32.1. The molecule has 3 nitrogen and oxygen atoms in total. The molecule has 2 aromatic heterocycles. The van der Waals surface area contributed by atoms with Crippen LogP contribution in [-0.2, 0) is 0 Å². The average Bonchev–Trinajstić information content (AvgIpc) is 2.68. The molecule has 0 atom stereocenters. The van der Waals surface area contributed by atoms with Crippen molar-refractivity contribution in [1.29, 1.82) is 0 Å². The van der Waals surface area contributed by atoms with Crippen molar-refractivity contribution in [3.8, 4) is 10.6 Å². The normalized spacial score (nSPS) is 10.1. The van der Waals surface area contributed by atoms with Crippen LogP contribution in [0.4, 0.5) is 0 Å². The van der Waals surface area contributed by atoms with Crippen LogP contribution in [0.15, 0.2) is 30.7 Å². The summed E-state index contributed by atoms with van der Waals surface area (Å²) in [6.07, 6.45) is 5.04. The van der Waals surface area contributed by atoms with E-state index in [-0.39, 0.29) is 5.78 Å². The van der Waals surface area contributed by atoms with Crippen LogP contribution in [0.1, 0.15) is 16.6 Å². The first-order valence-electron chi connectivity index (χ1n) is 4.14. The average molecular weight is 204 g/mol. The summed E-state index contributed by atoms with van der Waals surface area (Å²) in [4.78, 5) is 19.8. The van der Waals surface area contributed by atoms with Crippen molar-refractivity contribution in [1.82, 2.24) is 9.97 Å². The quantitative estimate of drug-likeness (QED) is 0.705. The van der Waals surface area contributed by atoms with Crippen LogP contribution in [0.5, 0.6) is 0 Å². The predicted molar refractivity (Wildman–Crippen MR) is 55.3 cm³/mol. The van der Waals surface area contributed by atoms with Crippen LogP contribution < -0.4 is 0 Å². The number of carbonyl (C=O) groups is 1. The number of carbonyl (C=O) groups excluding carboxylic acids is 1. The van der Waals surface area contributed by atoms with Gasteiger partial charge in [-0.05, 0) is 12.1 Å². The van der Waals surface area contributed by atoms with E-state index < -0.39 is 0 Å². The zero-order valence-electron chi connectivity index (χ0n) is 7.60. The number of pyridine rings is 1. The van der Waals surface area contributed by atoms with Crippen molar-refractivity contribution in [2.75, 3.05) is 0 Å². The molecule has 2 rings (SSSR count). The smallest absolute Gasteiger partial charge is 0.171 e. The lowest BCUT2D eigenvalue weighted by atomic mass is 10.3. The molecule has 0 amide bonds. The zero-order chi connectivity index (χ0) is 9.97. The lowest BCUT2D eigenvalue weighted by Crippen LogP contribution is -1.83. The Morgan fingerprint density at radius 2 is 2.07 bits per heavy atom. The molecule has 0 N–H and O–H groups in total. The Morgan fingerprint density at radius 1 is 1.36 bits per heavy atom. The van der Waals surface area contributed by atoms with Crippen LogP contribution >= 0.6 is 11.3 Å². The number of hydrogen-bond donors (Lipinski definition) is 0. The van der Waals surface area contributed by atoms with E-state index in [9.17, 15) is 4.79 Å². The maximum absolute atomic E-state index is 11.0. The summed E-state index contributed by atoms with van der Waals surface area (Å²) in [6.45, 7) is 1.55. The monoisotopic (exact) mass is 204 g/mol. The van der Waals surface area contributed by atoms with Crippen LogP contribution in [-0.4, -0.2) is 15.8 Å². The molecular weight excluding hydrogens is 196 g/mol. The van der Waals surface area contributed by atoms with E-state index in [2.05, 4.69) is 9.97 Å². The van der Waals surface area contributed by atoms with Gasteiger partial charge in [0.1, 0.15) is 5.01 Å². The summed E-state index contributed by atoms with van der Waals surface area (Å²) >= 11 is 1.41. The number of aromatic nitrogens is 2. The summed E-state index contributed by atoms with van der Waals surface area (Å²) in [5, 5.41) is 0.859. The number of Topliss-reactive ketones (excluding diaryl/α,β-unsaturated/α-hetero) is 1. The summed E-state index contributed by atoms with van der Waals surface area (Å²) in [5.41, 5.74) is 0.998. The van der Waals surface area contributed by atoms with Gasteiger partial charge in [0, 0.05) is 31.1 Å². The second-order valence-electron chi connectivity index (χ2n) is 2.82. The van der Waals surface area contributed by atoms with Gasteiger partial charge < -0.3 is 0 Å². The molecule has 0 aromatic carbocycles. The fourth-order valence-electron chi connectivity index (χ4n) is 1.06. The number of hydrogen-bond acceptors (Lipinski definition) is 4. The van der Waals surface area contributed by atoms with Crippen LogP contribution in [0.3, 0.4) is 0 Å². The molecule has 0 saturated heterocycles. The van der Waals surface area contributed by atoms with E-state index in [1.165, 1.54) is 11.3 Å². The van der Waals surface area contributed by atoms with Gasteiger partial charge >= 0.3 is 0 Å². The van der Waals surface area contributed by atoms with E-state index >= 15 is 0 Å². The number of ketones is 1. The maximum Gasteiger partial charge on any atom is 0.171 e. The molecular formula is C10H8N2OS. The Kier molecular flexibility index (Phi) is 2.37.